The molecule has 0 radical (unpaired) electrons. The van der Waals surface area contributed by atoms with E-state index >= 15 is 0 Å². The van der Waals surface area contributed by atoms with Crippen molar-refractivity contribution in [3.8, 4) is 0 Å². The smallest absolute Gasteiger partial charge is 0.326 e. The monoisotopic (exact) mass is 390 g/mol. The van der Waals surface area contributed by atoms with Gasteiger partial charge in [-0.1, -0.05) is 30.3 Å². The van der Waals surface area contributed by atoms with Crippen molar-refractivity contribution in [2.45, 2.75) is 50.9 Å². The van der Waals surface area contributed by atoms with Crippen LogP contribution in [0.15, 0.2) is 53.5 Å². The summed E-state index contributed by atoms with van der Waals surface area (Å²) in [7, 11) is 0. The minimum atomic E-state index is -0.642. The molecule has 0 saturated heterocycles. The number of H-pyrrole nitrogens is 2. The number of aromatic amines is 2. The molecular formula is C23H26N4O2. The Kier molecular flexibility index (Phi) is 4.53. The molecule has 150 valence electrons. The van der Waals surface area contributed by atoms with Crippen LogP contribution in [0, 0.1) is 0 Å². The number of nitrogens with zero attached hydrogens (tertiary/aromatic N) is 1. The minimum Gasteiger partial charge on any atom is -0.387 e. The van der Waals surface area contributed by atoms with E-state index in [1.54, 1.807) is 4.57 Å². The first-order valence-electron chi connectivity index (χ1n) is 10.3. The van der Waals surface area contributed by atoms with Crippen molar-refractivity contribution in [2.24, 2.45) is 0 Å². The number of aryl methyl sites for hydroxylation is 2. The summed E-state index contributed by atoms with van der Waals surface area (Å²) in [6.45, 7) is 2.76. The summed E-state index contributed by atoms with van der Waals surface area (Å²) in [6.07, 6.45) is 3.98. The number of aliphatic hydroxyl groups excluding tert-OH is 1. The van der Waals surface area contributed by atoms with E-state index in [1.807, 2.05) is 24.4 Å². The van der Waals surface area contributed by atoms with Gasteiger partial charge in [-0.2, -0.15) is 0 Å². The standard InChI is InChI=1S/C23H26N4O2/c1-14(8-9-15-4-2-5-16-10-12-24-20(15)16)25-19-11-13-27-21-17(22(19)28)6-3-7-18(21)26-23(27)29/h2-7,10,12,14,19,22,24-25,28H,8-9,11,13H2,1H3,(H,26,29). The molecule has 0 fully saturated rings. The van der Waals surface area contributed by atoms with E-state index in [1.165, 1.54) is 16.5 Å². The Morgan fingerprint density at radius 1 is 1.24 bits per heavy atom. The van der Waals surface area contributed by atoms with Gasteiger partial charge in [-0.25, -0.2) is 4.79 Å². The molecule has 3 unspecified atom stereocenters. The van der Waals surface area contributed by atoms with Crippen molar-refractivity contribution in [3.05, 3.63) is 70.3 Å². The van der Waals surface area contributed by atoms with Gasteiger partial charge < -0.3 is 20.4 Å². The van der Waals surface area contributed by atoms with Crippen LogP contribution in [0.5, 0.6) is 0 Å². The summed E-state index contributed by atoms with van der Waals surface area (Å²) in [5.74, 6) is 0. The average Bonchev–Trinajstić information content (AvgIpc) is 3.29. The number of benzene rings is 2. The van der Waals surface area contributed by atoms with Crippen LogP contribution in [0.3, 0.4) is 0 Å². The van der Waals surface area contributed by atoms with Crippen LogP contribution >= 0.6 is 0 Å². The lowest BCUT2D eigenvalue weighted by atomic mass is 9.98. The van der Waals surface area contributed by atoms with E-state index in [9.17, 15) is 9.90 Å². The van der Waals surface area contributed by atoms with Gasteiger partial charge in [0.15, 0.2) is 0 Å². The molecule has 29 heavy (non-hydrogen) atoms. The zero-order valence-electron chi connectivity index (χ0n) is 16.5. The maximum absolute atomic E-state index is 12.3. The third-order valence-corrected chi connectivity index (χ3v) is 6.21. The maximum atomic E-state index is 12.3. The number of aliphatic hydroxyl groups is 1. The molecule has 0 aliphatic carbocycles. The second kappa shape index (κ2) is 7.21. The Hall–Kier alpha value is -2.83. The zero-order chi connectivity index (χ0) is 20.0. The van der Waals surface area contributed by atoms with Crippen molar-refractivity contribution in [2.75, 3.05) is 0 Å². The molecule has 5 rings (SSSR count). The summed E-state index contributed by atoms with van der Waals surface area (Å²) in [5.41, 5.74) is 4.86. The summed E-state index contributed by atoms with van der Waals surface area (Å²) >= 11 is 0. The number of hydrogen-bond donors (Lipinski definition) is 4. The summed E-state index contributed by atoms with van der Waals surface area (Å²) in [5, 5.41) is 15.9. The van der Waals surface area contributed by atoms with Crippen LogP contribution in [0.2, 0.25) is 0 Å². The molecule has 0 bridgehead atoms. The third kappa shape index (κ3) is 3.18. The molecule has 4 aromatic rings. The average molecular weight is 390 g/mol. The number of aromatic nitrogens is 3. The van der Waals surface area contributed by atoms with Gasteiger partial charge >= 0.3 is 5.69 Å². The van der Waals surface area contributed by atoms with Crippen LogP contribution in [0.1, 0.15) is 37.0 Å². The fourth-order valence-corrected chi connectivity index (χ4v) is 4.70. The Balaban J connectivity index is 1.31. The van der Waals surface area contributed by atoms with Gasteiger partial charge in [-0.05, 0) is 49.3 Å². The van der Waals surface area contributed by atoms with Crippen LogP contribution in [-0.4, -0.2) is 31.7 Å². The molecule has 6 heteroatoms. The first-order valence-corrected chi connectivity index (χ1v) is 10.3. The van der Waals surface area contributed by atoms with Gasteiger partial charge in [0, 0.05) is 35.9 Å². The Morgan fingerprint density at radius 3 is 3.00 bits per heavy atom. The minimum absolute atomic E-state index is 0.0869. The van der Waals surface area contributed by atoms with Crippen molar-refractivity contribution in [1.82, 2.24) is 19.9 Å². The first-order chi connectivity index (χ1) is 14.1. The number of para-hydroxylation sites is 2. The van der Waals surface area contributed by atoms with Gasteiger partial charge in [0.25, 0.3) is 0 Å². The molecule has 1 aliphatic heterocycles. The molecule has 0 spiro atoms. The normalized spacial score (nSPS) is 20.2. The fraction of sp³-hybridized carbons (Fsp3) is 0.348. The zero-order valence-corrected chi connectivity index (χ0v) is 16.5. The maximum Gasteiger partial charge on any atom is 0.326 e. The SMILES string of the molecule is CC(CCc1cccc2cc[nH]c12)NC1CCn2c(=O)[nH]c3cccc(c32)C1O. The molecule has 3 heterocycles. The van der Waals surface area contributed by atoms with E-state index in [0.29, 0.717) is 13.0 Å². The fourth-order valence-electron chi connectivity index (χ4n) is 4.70. The molecule has 2 aromatic carbocycles. The van der Waals surface area contributed by atoms with Crippen molar-refractivity contribution in [1.29, 1.82) is 0 Å². The predicted octanol–water partition coefficient (Wildman–Crippen LogP) is 3.23. The van der Waals surface area contributed by atoms with E-state index in [4.69, 9.17) is 0 Å². The highest BCUT2D eigenvalue weighted by Gasteiger charge is 2.29. The Labute approximate surface area is 168 Å². The largest absolute Gasteiger partial charge is 0.387 e. The third-order valence-electron chi connectivity index (χ3n) is 6.21. The van der Waals surface area contributed by atoms with Gasteiger partial charge in [0.1, 0.15) is 0 Å². The van der Waals surface area contributed by atoms with Crippen molar-refractivity contribution >= 4 is 21.9 Å². The van der Waals surface area contributed by atoms with Crippen LogP contribution in [-0.2, 0) is 13.0 Å². The lowest BCUT2D eigenvalue weighted by molar-refractivity contribution is 0.119. The molecule has 6 nitrogen and oxygen atoms in total. The second-order valence-electron chi connectivity index (χ2n) is 8.13. The number of rotatable bonds is 5. The highest BCUT2D eigenvalue weighted by Crippen LogP contribution is 2.30. The number of nitrogens with one attached hydrogen (secondary N) is 3. The molecule has 1 aliphatic rings. The summed E-state index contributed by atoms with van der Waals surface area (Å²) < 4.78 is 1.76. The Morgan fingerprint density at radius 2 is 2.10 bits per heavy atom. The van der Waals surface area contributed by atoms with Crippen LogP contribution in [0.4, 0.5) is 0 Å². The lowest BCUT2D eigenvalue weighted by Gasteiger charge is -2.26. The topological polar surface area (TPSA) is 85.8 Å². The highest BCUT2D eigenvalue weighted by atomic mass is 16.3. The summed E-state index contributed by atoms with van der Waals surface area (Å²) in [6, 6.07) is 14.4. The molecule has 0 saturated carbocycles. The van der Waals surface area contributed by atoms with Crippen molar-refractivity contribution in [3.63, 3.8) is 0 Å². The summed E-state index contributed by atoms with van der Waals surface area (Å²) in [4.78, 5) is 18.5. The second-order valence-corrected chi connectivity index (χ2v) is 8.13. The van der Waals surface area contributed by atoms with Gasteiger partial charge in [0.2, 0.25) is 0 Å². The van der Waals surface area contributed by atoms with E-state index in [0.717, 1.165) is 29.4 Å². The molecule has 2 aromatic heterocycles. The lowest BCUT2D eigenvalue weighted by Crippen LogP contribution is -2.41. The van der Waals surface area contributed by atoms with Gasteiger partial charge in [-0.15, -0.1) is 0 Å². The van der Waals surface area contributed by atoms with Crippen LogP contribution < -0.4 is 11.0 Å². The van der Waals surface area contributed by atoms with E-state index in [-0.39, 0.29) is 17.8 Å². The van der Waals surface area contributed by atoms with E-state index in [2.05, 4.69) is 46.5 Å². The molecule has 4 N–H and O–H groups in total. The number of fused-ring (bicyclic) bond motifs is 1. The van der Waals surface area contributed by atoms with Crippen molar-refractivity contribution < 1.29 is 5.11 Å². The Bertz CT molecular complexity index is 1220. The molecule has 3 atom stereocenters. The first kappa shape index (κ1) is 18.2. The van der Waals surface area contributed by atoms with E-state index < -0.39 is 6.10 Å². The molecular weight excluding hydrogens is 364 g/mol. The molecule has 0 amide bonds. The predicted molar refractivity (Wildman–Crippen MR) is 115 cm³/mol. The van der Waals surface area contributed by atoms with Gasteiger partial charge in [0.05, 0.1) is 17.1 Å². The highest BCUT2D eigenvalue weighted by molar-refractivity contribution is 5.82. The number of hydrogen-bond acceptors (Lipinski definition) is 3. The number of imidazole rings is 1. The van der Waals surface area contributed by atoms with Gasteiger partial charge in [-0.3, -0.25) is 4.57 Å². The van der Waals surface area contributed by atoms with Crippen LogP contribution in [0.25, 0.3) is 21.9 Å². The quantitative estimate of drug-likeness (QED) is 0.422.